The molecule has 2 rings (SSSR count). The zero-order valence-electron chi connectivity index (χ0n) is 12.5. The Kier molecular flexibility index (Phi) is 5.56. The summed E-state index contributed by atoms with van der Waals surface area (Å²) in [5.74, 6) is 0.227. The molecule has 1 heterocycles. The molecular formula is C16H25N3O. The van der Waals surface area contributed by atoms with E-state index >= 15 is 0 Å². The van der Waals surface area contributed by atoms with Crippen LogP contribution in [0.2, 0.25) is 0 Å². The van der Waals surface area contributed by atoms with Crippen molar-refractivity contribution in [3.05, 3.63) is 35.9 Å². The van der Waals surface area contributed by atoms with Crippen LogP contribution in [0.25, 0.3) is 0 Å². The Bertz CT molecular complexity index is 417. The molecule has 1 fully saturated rings. The Morgan fingerprint density at radius 1 is 1.20 bits per heavy atom. The number of hydrogen-bond acceptors (Lipinski definition) is 3. The van der Waals surface area contributed by atoms with Crippen molar-refractivity contribution >= 4 is 5.91 Å². The van der Waals surface area contributed by atoms with Crippen LogP contribution in [0, 0.1) is 0 Å². The average Bonchev–Trinajstić information content (AvgIpc) is 2.43. The maximum absolute atomic E-state index is 12.5. The number of rotatable bonds is 7. The van der Waals surface area contributed by atoms with Gasteiger partial charge in [-0.05, 0) is 19.0 Å². The van der Waals surface area contributed by atoms with E-state index in [9.17, 15) is 4.79 Å². The lowest BCUT2D eigenvalue weighted by Crippen LogP contribution is -2.59. The summed E-state index contributed by atoms with van der Waals surface area (Å²) >= 11 is 0. The lowest BCUT2D eigenvalue weighted by Gasteiger charge is -2.38. The van der Waals surface area contributed by atoms with Crippen molar-refractivity contribution < 1.29 is 4.79 Å². The highest BCUT2D eigenvalue weighted by molar-refractivity contribution is 5.78. The van der Waals surface area contributed by atoms with Crippen LogP contribution < -0.4 is 5.32 Å². The lowest BCUT2D eigenvalue weighted by atomic mass is 10.1. The normalized spacial score (nSPS) is 15.2. The van der Waals surface area contributed by atoms with Crippen LogP contribution in [0.15, 0.2) is 30.3 Å². The van der Waals surface area contributed by atoms with Gasteiger partial charge < -0.3 is 10.2 Å². The molecule has 110 valence electrons. The van der Waals surface area contributed by atoms with Crippen LogP contribution >= 0.6 is 0 Å². The molecule has 1 aromatic carbocycles. The predicted molar refractivity (Wildman–Crippen MR) is 81.4 cm³/mol. The first-order valence-corrected chi connectivity index (χ1v) is 7.51. The van der Waals surface area contributed by atoms with Crippen molar-refractivity contribution in [3.8, 4) is 0 Å². The van der Waals surface area contributed by atoms with Crippen molar-refractivity contribution in [1.82, 2.24) is 15.1 Å². The van der Waals surface area contributed by atoms with Gasteiger partial charge in [0.15, 0.2) is 0 Å². The van der Waals surface area contributed by atoms with Gasteiger partial charge in [-0.3, -0.25) is 9.69 Å². The second kappa shape index (κ2) is 7.41. The van der Waals surface area contributed by atoms with Crippen molar-refractivity contribution in [2.45, 2.75) is 26.4 Å². The van der Waals surface area contributed by atoms with E-state index in [4.69, 9.17) is 0 Å². The largest absolute Gasteiger partial charge is 0.338 e. The second-order valence-electron chi connectivity index (χ2n) is 5.27. The predicted octanol–water partition coefficient (Wildman–Crippen LogP) is 1.33. The number of carbonyl (C=O) groups excluding carboxylic acids is 1. The fraction of sp³-hybridized carbons (Fsp3) is 0.562. The van der Waals surface area contributed by atoms with Crippen LogP contribution in [-0.4, -0.2) is 54.5 Å². The van der Waals surface area contributed by atoms with Crippen LogP contribution in [-0.2, 0) is 11.3 Å². The zero-order chi connectivity index (χ0) is 14.4. The quantitative estimate of drug-likeness (QED) is 0.815. The summed E-state index contributed by atoms with van der Waals surface area (Å²) in [7, 11) is 0. The minimum atomic E-state index is 0.227. The monoisotopic (exact) mass is 275 g/mol. The molecule has 0 atom stereocenters. The molecule has 0 unspecified atom stereocenters. The highest BCUT2D eigenvalue weighted by atomic mass is 16.2. The lowest BCUT2D eigenvalue weighted by molar-refractivity contribution is -0.133. The van der Waals surface area contributed by atoms with E-state index in [1.165, 1.54) is 5.56 Å². The van der Waals surface area contributed by atoms with Crippen molar-refractivity contribution in [1.29, 1.82) is 0 Å². The topological polar surface area (TPSA) is 35.6 Å². The van der Waals surface area contributed by atoms with Gasteiger partial charge in [-0.25, -0.2) is 0 Å². The van der Waals surface area contributed by atoms with E-state index in [1.54, 1.807) is 0 Å². The van der Waals surface area contributed by atoms with Gasteiger partial charge >= 0.3 is 0 Å². The standard InChI is InChI=1S/C16H25N3O/c1-3-18(15-10-17-11-15)13-16(20)19(4-2)12-14-8-6-5-7-9-14/h5-9,15,17H,3-4,10-13H2,1-2H3. The van der Waals surface area contributed by atoms with Crippen LogP contribution in [0.4, 0.5) is 0 Å². The molecule has 0 spiro atoms. The Morgan fingerprint density at radius 3 is 2.40 bits per heavy atom. The molecule has 4 nitrogen and oxygen atoms in total. The Labute approximate surface area is 121 Å². The van der Waals surface area contributed by atoms with Crippen molar-refractivity contribution in [2.24, 2.45) is 0 Å². The van der Waals surface area contributed by atoms with Gasteiger partial charge in [0.05, 0.1) is 6.54 Å². The summed E-state index contributed by atoms with van der Waals surface area (Å²) in [6.45, 7) is 9.11. The first kappa shape index (κ1) is 15.0. The van der Waals surface area contributed by atoms with Crippen molar-refractivity contribution in [2.75, 3.05) is 32.7 Å². The molecular weight excluding hydrogens is 250 g/mol. The Hall–Kier alpha value is -1.39. The van der Waals surface area contributed by atoms with Gasteiger partial charge in [-0.2, -0.15) is 0 Å². The molecule has 0 aromatic heterocycles. The van der Waals surface area contributed by atoms with Gasteiger partial charge in [0, 0.05) is 32.2 Å². The number of nitrogens with one attached hydrogen (secondary N) is 1. The molecule has 0 saturated carbocycles. The van der Waals surface area contributed by atoms with Crippen LogP contribution in [0.5, 0.6) is 0 Å². The minimum Gasteiger partial charge on any atom is -0.338 e. The molecule has 1 N–H and O–H groups in total. The highest BCUT2D eigenvalue weighted by Gasteiger charge is 2.26. The molecule has 0 bridgehead atoms. The molecule has 1 saturated heterocycles. The van der Waals surface area contributed by atoms with Gasteiger partial charge in [-0.1, -0.05) is 37.3 Å². The van der Waals surface area contributed by atoms with Crippen molar-refractivity contribution in [3.63, 3.8) is 0 Å². The summed E-state index contributed by atoms with van der Waals surface area (Å²) in [6, 6.07) is 10.7. The maximum Gasteiger partial charge on any atom is 0.237 e. The molecule has 0 aliphatic carbocycles. The summed E-state index contributed by atoms with van der Waals surface area (Å²) < 4.78 is 0. The van der Waals surface area contributed by atoms with Gasteiger partial charge in [0.25, 0.3) is 0 Å². The summed E-state index contributed by atoms with van der Waals surface area (Å²) in [5, 5.41) is 3.27. The first-order chi connectivity index (χ1) is 9.74. The SMILES string of the molecule is CCN(Cc1ccccc1)C(=O)CN(CC)C1CNC1. The molecule has 0 radical (unpaired) electrons. The van der Waals surface area contributed by atoms with E-state index in [0.717, 1.165) is 26.2 Å². The van der Waals surface area contributed by atoms with Crippen LogP contribution in [0.1, 0.15) is 19.4 Å². The highest BCUT2D eigenvalue weighted by Crippen LogP contribution is 2.08. The molecule has 1 aromatic rings. The molecule has 4 heteroatoms. The Balaban J connectivity index is 1.91. The second-order valence-corrected chi connectivity index (χ2v) is 5.27. The number of amides is 1. The van der Waals surface area contributed by atoms with Gasteiger partial charge in [0.1, 0.15) is 0 Å². The average molecular weight is 275 g/mol. The number of likely N-dealkylation sites (N-methyl/N-ethyl adjacent to an activating group) is 2. The molecule has 20 heavy (non-hydrogen) atoms. The van der Waals surface area contributed by atoms with E-state index in [2.05, 4.69) is 29.3 Å². The van der Waals surface area contributed by atoms with Crippen LogP contribution in [0.3, 0.4) is 0 Å². The molecule has 1 aliphatic heterocycles. The molecule has 1 aliphatic rings. The zero-order valence-corrected chi connectivity index (χ0v) is 12.5. The number of nitrogens with zero attached hydrogens (tertiary/aromatic N) is 2. The summed E-state index contributed by atoms with van der Waals surface area (Å²) in [6.07, 6.45) is 0. The third kappa shape index (κ3) is 3.81. The third-order valence-electron chi connectivity index (χ3n) is 3.97. The van der Waals surface area contributed by atoms with E-state index < -0.39 is 0 Å². The summed E-state index contributed by atoms with van der Waals surface area (Å²) in [4.78, 5) is 16.7. The third-order valence-corrected chi connectivity index (χ3v) is 3.97. The van der Waals surface area contributed by atoms with E-state index in [0.29, 0.717) is 19.1 Å². The van der Waals surface area contributed by atoms with Gasteiger partial charge in [0.2, 0.25) is 5.91 Å². The fourth-order valence-corrected chi connectivity index (χ4v) is 2.48. The smallest absolute Gasteiger partial charge is 0.237 e. The number of benzene rings is 1. The summed E-state index contributed by atoms with van der Waals surface area (Å²) in [5.41, 5.74) is 1.19. The number of carbonyl (C=O) groups is 1. The maximum atomic E-state index is 12.5. The number of hydrogen-bond donors (Lipinski definition) is 1. The molecule has 1 amide bonds. The van der Waals surface area contributed by atoms with E-state index in [-0.39, 0.29) is 5.91 Å². The minimum absolute atomic E-state index is 0.227. The van der Waals surface area contributed by atoms with Gasteiger partial charge in [-0.15, -0.1) is 0 Å². The fourth-order valence-electron chi connectivity index (χ4n) is 2.48. The Morgan fingerprint density at radius 2 is 1.90 bits per heavy atom. The van der Waals surface area contributed by atoms with E-state index in [1.807, 2.05) is 30.0 Å². The first-order valence-electron chi connectivity index (χ1n) is 7.51.